The summed E-state index contributed by atoms with van der Waals surface area (Å²) in [6.07, 6.45) is 7.55. The van der Waals surface area contributed by atoms with Gasteiger partial charge in [0.05, 0.1) is 6.04 Å². The van der Waals surface area contributed by atoms with Gasteiger partial charge in [0, 0.05) is 25.7 Å². The van der Waals surface area contributed by atoms with Crippen LogP contribution >= 0.6 is 0 Å². The molecule has 3 amide bonds. The molecule has 1 unspecified atom stereocenters. The van der Waals surface area contributed by atoms with Crippen molar-refractivity contribution in [2.45, 2.75) is 76.6 Å². The second kappa shape index (κ2) is 9.02. The molecular formula is C25H36N4O3. The van der Waals surface area contributed by atoms with Gasteiger partial charge in [0.25, 0.3) is 0 Å². The average molecular weight is 441 g/mol. The molecule has 1 spiro atoms. The van der Waals surface area contributed by atoms with Crippen LogP contribution in [0.3, 0.4) is 0 Å². The lowest BCUT2D eigenvalue weighted by Crippen LogP contribution is -2.67. The fraction of sp³-hybridized carbons (Fsp3) is 0.680. The number of fused-ring (bicyclic) bond motifs is 2. The smallest absolute Gasteiger partial charge is 0.345 e. The van der Waals surface area contributed by atoms with Crippen LogP contribution in [0.1, 0.15) is 57.4 Å². The first-order valence-electron chi connectivity index (χ1n) is 12.4. The maximum absolute atomic E-state index is 13.0. The predicted octanol–water partition coefficient (Wildman–Crippen LogP) is 3.16. The van der Waals surface area contributed by atoms with Gasteiger partial charge >= 0.3 is 6.03 Å². The van der Waals surface area contributed by atoms with Gasteiger partial charge in [0.2, 0.25) is 5.91 Å². The van der Waals surface area contributed by atoms with Gasteiger partial charge in [-0.2, -0.15) is 5.06 Å². The van der Waals surface area contributed by atoms with Crippen molar-refractivity contribution in [1.29, 1.82) is 0 Å². The number of hydrogen-bond donors (Lipinski definition) is 1. The van der Waals surface area contributed by atoms with E-state index in [0.29, 0.717) is 25.0 Å². The van der Waals surface area contributed by atoms with Crippen LogP contribution in [-0.2, 0) is 16.2 Å². The van der Waals surface area contributed by atoms with Gasteiger partial charge in [-0.15, -0.1) is 0 Å². The molecule has 3 saturated heterocycles. The molecule has 1 aromatic carbocycles. The zero-order valence-electron chi connectivity index (χ0n) is 19.2. The molecule has 2 bridgehead atoms. The third kappa shape index (κ3) is 4.25. The Morgan fingerprint density at radius 3 is 2.69 bits per heavy atom. The lowest BCUT2D eigenvalue weighted by Gasteiger charge is -2.59. The van der Waals surface area contributed by atoms with E-state index in [1.54, 1.807) is 4.90 Å². The van der Waals surface area contributed by atoms with Gasteiger partial charge in [0.15, 0.2) is 0 Å². The summed E-state index contributed by atoms with van der Waals surface area (Å²) >= 11 is 0. The number of carbonyl (C=O) groups is 2. The van der Waals surface area contributed by atoms with Crippen LogP contribution in [0.15, 0.2) is 30.3 Å². The molecular weight excluding hydrogens is 404 g/mol. The summed E-state index contributed by atoms with van der Waals surface area (Å²) < 4.78 is 0. The van der Waals surface area contributed by atoms with E-state index in [9.17, 15) is 9.59 Å². The van der Waals surface area contributed by atoms with Gasteiger partial charge in [-0.05, 0) is 49.6 Å². The highest BCUT2D eigenvalue weighted by atomic mass is 16.7. The van der Waals surface area contributed by atoms with Crippen LogP contribution in [0.2, 0.25) is 0 Å². The molecule has 0 radical (unpaired) electrons. The first-order chi connectivity index (χ1) is 15.6. The first-order valence-corrected chi connectivity index (χ1v) is 12.4. The van der Waals surface area contributed by atoms with Crippen LogP contribution in [-0.4, -0.2) is 71.1 Å². The molecule has 1 N–H and O–H groups in total. The molecule has 7 nitrogen and oxygen atoms in total. The number of rotatable bonds is 9. The molecule has 5 rings (SSSR count). The zero-order chi connectivity index (χ0) is 22.1. The maximum atomic E-state index is 13.0. The summed E-state index contributed by atoms with van der Waals surface area (Å²) in [4.78, 5) is 36.1. The lowest BCUT2D eigenvalue weighted by atomic mass is 9.60. The summed E-state index contributed by atoms with van der Waals surface area (Å²) in [7, 11) is 0. The van der Waals surface area contributed by atoms with Crippen molar-refractivity contribution in [2.24, 2.45) is 5.41 Å². The third-order valence-corrected chi connectivity index (χ3v) is 7.74. The van der Waals surface area contributed by atoms with E-state index in [-0.39, 0.29) is 30.1 Å². The number of nitrogens with zero attached hydrogens (tertiary/aromatic N) is 3. The van der Waals surface area contributed by atoms with E-state index < -0.39 is 0 Å². The number of benzene rings is 1. The predicted molar refractivity (Wildman–Crippen MR) is 122 cm³/mol. The Kier molecular flexibility index (Phi) is 6.12. The molecule has 1 saturated carbocycles. The lowest BCUT2D eigenvalue weighted by molar-refractivity contribution is -0.140. The quantitative estimate of drug-likeness (QED) is 0.599. The Labute approximate surface area is 191 Å². The Balaban J connectivity index is 1.07. The monoisotopic (exact) mass is 440 g/mol. The van der Waals surface area contributed by atoms with Crippen molar-refractivity contribution in [3.63, 3.8) is 0 Å². The van der Waals surface area contributed by atoms with E-state index in [1.807, 2.05) is 30.3 Å². The minimum atomic E-state index is -0.368. The summed E-state index contributed by atoms with van der Waals surface area (Å²) in [6, 6.07) is 9.63. The fourth-order valence-corrected chi connectivity index (χ4v) is 6.08. The van der Waals surface area contributed by atoms with Crippen molar-refractivity contribution in [1.82, 2.24) is 20.2 Å². The Morgan fingerprint density at radius 1 is 1.16 bits per heavy atom. The molecule has 1 aromatic rings. The van der Waals surface area contributed by atoms with Gasteiger partial charge in [-0.1, -0.05) is 50.1 Å². The first kappa shape index (κ1) is 21.7. The van der Waals surface area contributed by atoms with Crippen LogP contribution in [0.25, 0.3) is 0 Å². The number of hydroxylamine groups is 2. The van der Waals surface area contributed by atoms with E-state index >= 15 is 0 Å². The zero-order valence-corrected chi connectivity index (χ0v) is 19.2. The summed E-state index contributed by atoms with van der Waals surface area (Å²) in [6.45, 7) is 6.78. The SMILES string of the molecule is CCCCCN1CC2(CC(NC(=O)C3CC[C@@H]4CN3C(=O)N4OCc3ccccc3)C2)C1. The van der Waals surface area contributed by atoms with Crippen molar-refractivity contribution >= 4 is 11.9 Å². The van der Waals surface area contributed by atoms with Gasteiger partial charge < -0.3 is 15.1 Å². The molecule has 174 valence electrons. The van der Waals surface area contributed by atoms with E-state index in [1.165, 1.54) is 44.0 Å². The highest BCUT2D eigenvalue weighted by molar-refractivity contribution is 5.88. The largest absolute Gasteiger partial charge is 0.352 e. The van der Waals surface area contributed by atoms with E-state index in [0.717, 1.165) is 24.8 Å². The number of carbonyl (C=O) groups excluding carboxylic acids is 2. The number of hydrogen-bond acceptors (Lipinski definition) is 4. The second-order valence-corrected chi connectivity index (χ2v) is 10.3. The van der Waals surface area contributed by atoms with Gasteiger partial charge in [-0.3, -0.25) is 9.63 Å². The van der Waals surface area contributed by atoms with Crippen LogP contribution < -0.4 is 5.32 Å². The van der Waals surface area contributed by atoms with Crippen molar-refractivity contribution < 1.29 is 14.4 Å². The van der Waals surface area contributed by atoms with Crippen LogP contribution in [0.5, 0.6) is 0 Å². The second-order valence-electron chi connectivity index (χ2n) is 10.3. The molecule has 32 heavy (non-hydrogen) atoms. The number of nitrogens with one attached hydrogen (secondary N) is 1. The molecule has 2 atom stereocenters. The average Bonchev–Trinajstić information content (AvgIpc) is 2.99. The Bertz CT molecular complexity index is 818. The molecule has 7 heteroatoms. The Hall–Kier alpha value is -2.12. The van der Waals surface area contributed by atoms with Crippen molar-refractivity contribution in [3.05, 3.63) is 35.9 Å². The topological polar surface area (TPSA) is 65.1 Å². The highest BCUT2D eigenvalue weighted by Gasteiger charge is 2.53. The Morgan fingerprint density at radius 2 is 1.94 bits per heavy atom. The minimum absolute atomic E-state index is 0.0145. The summed E-state index contributed by atoms with van der Waals surface area (Å²) in [5.74, 6) is 0.0145. The van der Waals surface area contributed by atoms with Crippen molar-refractivity contribution in [3.8, 4) is 0 Å². The molecule has 4 fully saturated rings. The number of piperidine rings is 1. The fourth-order valence-electron chi connectivity index (χ4n) is 6.08. The highest BCUT2D eigenvalue weighted by Crippen LogP contribution is 2.48. The number of urea groups is 1. The van der Waals surface area contributed by atoms with Crippen LogP contribution in [0.4, 0.5) is 4.79 Å². The molecule has 4 aliphatic rings. The minimum Gasteiger partial charge on any atom is -0.352 e. The number of amides is 3. The van der Waals surface area contributed by atoms with E-state index in [4.69, 9.17) is 4.84 Å². The summed E-state index contributed by atoms with van der Waals surface area (Å²) in [5.41, 5.74) is 1.47. The maximum Gasteiger partial charge on any atom is 0.345 e. The van der Waals surface area contributed by atoms with Gasteiger partial charge in [0.1, 0.15) is 12.6 Å². The van der Waals surface area contributed by atoms with Crippen molar-refractivity contribution in [2.75, 3.05) is 26.2 Å². The van der Waals surface area contributed by atoms with Gasteiger partial charge in [-0.25, -0.2) is 4.79 Å². The molecule has 1 aliphatic carbocycles. The number of unbranched alkanes of at least 4 members (excludes halogenated alkanes) is 2. The van der Waals surface area contributed by atoms with Crippen LogP contribution in [0, 0.1) is 5.41 Å². The summed E-state index contributed by atoms with van der Waals surface area (Å²) in [5, 5.41) is 4.74. The normalized spacial score (nSPS) is 26.8. The number of likely N-dealkylation sites (tertiary alicyclic amines) is 1. The standard InChI is InChI=1S/C25H36N4O3/c1-2-3-7-12-27-17-25(18-27)13-20(14-25)26-23(30)22-11-10-21-15-28(22)24(31)29(21)32-16-19-8-5-4-6-9-19/h4-6,8-9,20-22H,2-3,7,10-18H2,1H3,(H,26,30)/t21-,22?/m1/s1. The molecule has 3 aliphatic heterocycles. The van der Waals surface area contributed by atoms with E-state index in [2.05, 4.69) is 17.1 Å². The third-order valence-electron chi connectivity index (χ3n) is 7.74. The molecule has 0 aromatic heterocycles. The molecule has 3 heterocycles.